The molecule has 0 spiro atoms. The van der Waals surface area contributed by atoms with Crippen molar-refractivity contribution < 1.29 is 14.3 Å². The first-order chi connectivity index (χ1) is 9.72. The SMILES string of the molecule is CCCOC(=O)c1ccc(C(=O)N2CCCCC2)cc1. The van der Waals surface area contributed by atoms with Gasteiger partial charge in [0.25, 0.3) is 5.91 Å². The molecule has 0 bridgehead atoms. The number of esters is 1. The van der Waals surface area contributed by atoms with Crippen LogP contribution in [0.3, 0.4) is 0 Å². The molecule has 1 aromatic carbocycles. The Kier molecular flexibility index (Phi) is 5.16. The first-order valence-electron chi connectivity index (χ1n) is 7.29. The second-order valence-corrected chi connectivity index (χ2v) is 5.07. The van der Waals surface area contributed by atoms with Gasteiger partial charge in [0.15, 0.2) is 0 Å². The summed E-state index contributed by atoms with van der Waals surface area (Å²) >= 11 is 0. The van der Waals surface area contributed by atoms with Crippen LogP contribution in [0, 0.1) is 0 Å². The average Bonchev–Trinajstić information content (AvgIpc) is 2.53. The number of amides is 1. The van der Waals surface area contributed by atoms with Crippen LogP contribution in [0.25, 0.3) is 0 Å². The van der Waals surface area contributed by atoms with Crippen molar-refractivity contribution in [2.75, 3.05) is 19.7 Å². The summed E-state index contributed by atoms with van der Waals surface area (Å²) < 4.78 is 5.06. The fraction of sp³-hybridized carbons (Fsp3) is 0.500. The van der Waals surface area contributed by atoms with Gasteiger partial charge in [0.2, 0.25) is 0 Å². The summed E-state index contributed by atoms with van der Waals surface area (Å²) in [6, 6.07) is 6.74. The molecule has 0 unspecified atom stereocenters. The summed E-state index contributed by atoms with van der Waals surface area (Å²) in [5, 5.41) is 0. The maximum absolute atomic E-state index is 12.3. The van der Waals surface area contributed by atoms with Gasteiger partial charge in [-0.3, -0.25) is 4.79 Å². The van der Waals surface area contributed by atoms with Gasteiger partial charge in [0.1, 0.15) is 0 Å². The molecule has 0 radical (unpaired) electrons. The van der Waals surface area contributed by atoms with E-state index in [4.69, 9.17) is 4.74 Å². The summed E-state index contributed by atoms with van der Waals surface area (Å²) in [5.41, 5.74) is 1.13. The van der Waals surface area contributed by atoms with E-state index in [-0.39, 0.29) is 11.9 Å². The quantitative estimate of drug-likeness (QED) is 0.794. The largest absolute Gasteiger partial charge is 0.462 e. The Labute approximate surface area is 119 Å². The third kappa shape index (κ3) is 3.59. The highest BCUT2D eigenvalue weighted by Crippen LogP contribution is 2.14. The van der Waals surface area contributed by atoms with Crippen molar-refractivity contribution in [2.45, 2.75) is 32.6 Å². The third-order valence-corrected chi connectivity index (χ3v) is 3.45. The summed E-state index contributed by atoms with van der Waals surface area (Å²) in [4.78, 5) is 25.8. The Hall–Kier alpha value is -1.84. The van der Waals surface area contributed by atoms with Crippen LogP contribution in [-0.2, 0) is 4.74 Å². The lowest BCUT2D eigenvalue weighted by atomic mass is 10.1. The van der Waals surface area contributed by atoms with Gasteiger partial charge in [-0.1, -0.05) is 6.92 Å². The van der Waals surface area contributed by atoms with Crippen LogP contribution in [0.15, 0.2) is 24.3 Å². The van der Waals surface area contributed by atoms with Crippen molar-refractivity contribution in [1.29, 1.82) is 0 Å². The number of benzene rings is 1. The van der Waals surface area contributed by atoms with E-state index >= 15 is 0 Å². The maximum Gasteiger partial charge on any atom is 0.338 e. The van der Waals surface area contributed by atoms with Crippen molar-refractivity contribution in [1.82, 2.24) is 4.90 Å². The smallest absolute Gasteiger partial charge is 0.338 e. The molecule has 1 heterocycles. The summed E-state index contributed by atoms with van der Waals surface area (Å²) in [7, 11) is 0. The minimum Gasteiger partial charge on any atom is -0.462 e. The fourth-order valence-electron chi connectivity index (χ4n) is 2.31. The van der Waals surface area contributed by atoms with E-state index in [2.05, 4.69) is 0 Å². The predicted octanol–water partition coefficient (Wildman–Crippen LogP) is 2.88. The first-order valence-corrected chi connectivity index (χ1v) is 7.29. The van der Waals surface area contributed by atoms with Crippen LogP contribution in [-0.4, -0.2) is 36.5 Å². The van der Waals surface area contributed by atoms with Crippen molar-refractivity contribution in [3.8, 4) is 0 Å². The summed E-state index contributed by atoms with van der Waals surface area (Å²) in [6.07, 6.45) is 4.16. The van der Waals surface area contributed by atoms with Crippen molar-refractivity contribution >= 4 is 11.9 Å². The number of hydrogen-bond acceptors (Lipinski definition) is 3. The van der Waals surface area contributed by atoms with Gasteiger partial charge in [-0.25, -0.2) is 4.79 Å². The van der Waals surface area contributed by atoms with Crippen LogP contribution in [0.2, 0.25) is 0 Å². The minimum atomic E-state index is -0.330. The van der Waals surface area contributed by atoms with Crippen LogP contribution in [0.5, 0.6) is 0 Å². The zero-order valence-electron chi connectivity index (χ0n) is 11.9. The zero-order valence-corrected chi connectivity index (χ0v) is 11.9. The molecule has 1 aliphatic heterocycles. The molecule has 4 nitrogen and oxygen atoms in total. The molecule has 0 atom stereocenters. The van der Waals surface area contributed by atoms with Crippen molar-refractivity contribution in [3.05, 3.63) is 35.4 Å². The lowest BCUT2D eigenvalue weighted by Gasteiger charge is -2.26. The van der Waals surface area contributed by atoms with Gasteiger partial charge in [0.05, 0.1) is 12.2 Å². The van der Waals surface area contributed by atoms with Gasteiger partial charge in [0, 0.05) is 18.7 Å². The van der Waals surface area contributed by atoms with Gasteiger partial charge in [-0.15, -0.1) is 0 Å². The topological polar surface area (TPSA) is 46.6 Å². The van der Waals surface area contributed by atoms with Gasteiger partial charge in [-0.05, 0) is 49.9 Å². The number of ether oxygens (including phenoxy) is 1. The van der Waals surface area contributed by atoms with E-state index in [9.17, 15) is 9.59 Å². The molecule has 1 aromatic rings. The highest BCUT2D eigenvalue weighted by Gasteiger charge is 2.18. The molecule has 0 N–H and O–H groups in total. The highest BCUT2D eigenvalue weighted by molar-refractivity contribution is 5.96. The molecule has 20 heavy (non-hydrogen) atoms. The monoisotopic (exact) mass is 275 g/mol. The Morgan fingerprint density at radius 3 is 2.25 bits per heavy atom. The van der Waals surface area contributed by atoms with Crippen LogP contribution in [0.1, 0.15) is 53.3 Å². The van der Waals surface area contributed by atoms with E-state index in [1.54, 1.807) is 24.3 Å². The number of piperidine rings is 1. The molecule has 2 rings (SSSR count). The van der Waals surface area contributed by atoms with E-state index < -0.39 is 0 Å². The maximum atomic E-state index is 12.3. The third-order valence-electron chi connectivity index (χ3n) is 3.45. The molecule has 0 aliphatic carbocycles. The van der Waals surface area contributed by atoms with Crippen LogP contribution < -0.4 is 0 Å². The zero-order chi connectivity index (χ0) is 14.4. The lowest BCUT2D eigenvalue weighted by Crippen LogP contribution is -2.35. The van der Waals surface area contributed by atoms with E-state index in [1.807, 2.05) is 11.8 Å². The van der Waals surface area contributed by atoms with Crippen molar-refractivity contribution in [2.24, 2.45) is 0 Å². The lowest BCUT2D eigenvalue weighted by molar-refractivity contribution is 0.0504. The molecule has 0 aromatic heterocycles. The molecule has 4 heteroatoms. The molecule has 1 fully saturated rings. The fourth-order valence-corrected chi connectivity index (χ4v) is 2.31. The van der Waals surface area contributed by atoms with Crippen LogP contribution in [0.4, 0.5) is 0 Å². The second kappa shape index (κ2) is 7.08. The summed E-state index contributed by atoms with van der Waals surface area (Å²) in [5.74, 6) is -0.276. The Morgan fingerprint density at radius 1 is 1.05 bits per heavy atom. The molecule has 0 saturated carbocycles. The van der Waals surface area contributed by atoms with E-state index in [1.165, 1.54) is 6.42 Å². The van der Waals surface area contributed by atoms with E-state index in [0.717, 1.165) is 32.4 Å². The molecular weight excluding hydrogens is 254 g/mol. The molecule has 1 saturated heterocycles. The van der Waals surface area contributed by atoms with Crippen molar-refractivity contribution in [3.63, 3.8) is 0 Å². The average molecular weight is 275 g/mol. The van der Waals surface area contributed by atoms with Gasteiger partial charge in [-0.2, -0.15) is 0 Å². The number of carbonyl (C=O) groups excluding carboxylic acids is 2. The second-order valence-electron chi connectivity index (χ2n) is 5.07. The Bertz CT molecular complexity index is 461. The molecular formula is C16H21NO3. The normalized spacial score (nSPS) is 14.9. The molecule has 1 aliphatic rings. The number of nitrogens with zero attached hydrogens (tertiary/aromatic N) is 1. The number of rotatable bonds is 4. The molecule has 1 amide bonds. The number of likely N-dealkylation sites (tertiary alicyclic amines) is 1. The van der Waals surface area contributed by atoms with Gasteiger partial charge >= 0.3 is 5.97 Å². The Balaban J connectivity index is 2.00. The van der Waals surface area contributed by atoms with Crippen LogP contribution >= 0.6 is 0 Å². The first kappa shape index (κ1) is 14.6. The number of carbonyl (C=O) groups is 2. The Morgan fingerprint density at radius 2 is 1.65 bits per heavy atom. The standard InChI is InChI=1S/C16H21NO3/c1-2-12-20-16(19)14-8-6-13(7-9-14)15(18)17-10-4-3-5-11-17/h6-9H,2-5,10-12H2,1H3. The minimum absolute atomic E-state index is 0.0539. The predicted molar refractivity (Wildman–Crippen MR) is 76.8 cm³/mol. The molecule has 108 valence electrons. The van der Waals surface area contributed by atoms with Gasteiger partial charge < -0.3 is 9.64 Å². The number of hydrogen-bond donors (Lipinski definition) is 0. The van der Waals surface area contributed by atoms with E-state index in [0.29, 0.717) is 17.7 Å². The highest BCUT2D eigenvalue weighted by atomic mass is 16.5. The summed E-state index contributed by atoms with van der Waals surface area (Å²) in [6.45, 7) is 4.04.